The van der Waals surface area contributed by atoms with Gasteiger partial charge in [0.2, 0.25) is 0 Å². The molecule has 98 valence electrons. The molecule has 0 bridgehead atoms. The van der Waals surface area contributed by atoms with Crippen LogP contribution in [0.4, 0.5) is 4.79 Å². The van der Waals surface area contributed by atoms with Crippen molar-refractivity contribution >= 4 is 36.1 Å². The van der Waals surface area contributed by atoms with E-state index in [1.165, 1.54) is 39.9 Å². The molecular weight excluding hydrogens is 274 g/mol. The number of nitrogens with zero attached hydrogens (tertiary/aromatic N) is 2. The summed E-state index contributed by atoms with van der Waals surface area (Å²) in [5, 5.41) is 22.4. The highest BCUT2D eigenvalue weighted by Gasteiger charge is 2.09. The highest BCUT2D eigenvalue weighted by Crippen LogP contribution is 2.26. The van der Waals surface area contributed by atoms with Crippen molar-refractivity contribution in [1.29, 1.82) is 0 Å². The van der Waals surface area contributed by atoms with Crippen molar-refractivity contribution in [3.63, 3.8) is 0 Å². The first-order valence-corrected chi connectivity index (χ1v) is 7.18. The first kappa shape index (κ1) is 14.5. The monoisotopic (exact) mass is 287 g/mol. The van der Waals surface area contributed by atoms with Crippen LogP contribution in [0.15, 0.2) is 23.3 Å². The van der Waals surface area contributed by atoms with Gasteiger partial charge in [0, 0.05) is 18.1 Å². The summed E-state index contributed by atoms with van der Waals surface area (Å²) >= 11 is 2.50. The third-order valence-electron chi connectivity index (χ3n) is 1.91. The number of benzene rings is 1. The molecule has 1 aromatic carbocycles. The minimum Gasteiger partial charge on any atom is -0.504 e. The number of amides is 2. The Morgan fingerprint density at radius 3 is 2.67 bits per heavy atom. The summed E-state index contributed by atoms with van der Waals surface area (Å²) < 4.78 is 1.40. The van der Waals surface area contributed by atoms with Crippen molar-refractivity contribution in [2.45, 2.75) is 0 Å². The Morgan fingerprint density at radius 2 is 2.06 bits per heavy atom. The quantitative estimate of drug-likeness (QED) is 0.341. The molecule has 2 amide bonds. The average molecular weight is 287 g/mol. The van der Waals surface area contributed by atoms with E-state index in [4.69, 9.17) is 0 Å². The van der Waals surface area contributed by atoms with Crippen LogP contribution in [0.3, 0.4) is 0 Å². The molecule has 1 aromatic rings. The number of nitrogens with one attached hydrogen (secondary N) is 1. The second-order valence-corrected chi connectivity index (χ2v) is 4.70. The van der Waals surface area contributed by atoms with Gasteiger partial charge in [-0.15, -0.1) is 0 Å². The smallest absolute Gasteiger partial charge is 0.358 e. The second kappa shape index (κ2) is 7.02. The molecule has 18 heavy (non-hydrogen) atoms. The second-order valence-electron chi connectivity index (χ2n) is 3.01. The van der Waals surface area contributed by atoms with Gasteiger partial charge in [0.05, 0.1) is 6.21 Å². The molecule has 0 saturated carbocycles. The molecule has 0 aliphatic rings. The van der Waals surface area contributed by atoms with Gasteiger partial charge >= 0.3 is 6.03 Å². The molecule has 0 atom stereocenters. The van der Waals surface area contributed by atoms with Crippen molar-refractivity contribution in [1.82, 2.24) is 9.14 Å². The molecule has 1 rings (SSSR count). The summed E-state index contributed by atoms with van der Waals surface area (Å²) in [6.07, 6.45) is 4.79. The molecular formula is C10H13N3O3S2. The Labute approximate surface area is 113 Å². The molecule has 0 saturated heterocycles. The molecule has 8 heteroatoms. The van der Waals surface area contributed by atoms with E-state index in [9.17, 15) is 15.0 Å². The fourth-order valence-electron chi connectivity index (χ4n) is 1.09. The van der Waals surface area contributed by atoms with Gasteiger partial charge in [-0.2, -0.15) is 5.10 Å². The SMILES string of the molecule is CSN(SC)C(=O)N/N=C/c1cccc(O)c1O. The number of rotatable bonds is 4. The zero-order valence-electron chi connectivity index (χ0n) is 9.82. The largest absolute Gasteiger partial charge is 0.504 e. The van der Waals surface area contributed by atoms with Gasteiger partial charge < -0.3 is 10.2 Å². The minimum atomic E-state index is -0.383. The Kier molecular flexibility index (Phi) is 5.66. The van der Waals surface area contributed by atoms with Crippen molar-refractivity contribution in [3.05, 3.63) is 23.8 Å². The van der Waals surface area contributed by atoms with E-state index in [0.29, 0.717) is 5.56 Å². The van der Waals surface area contributed by atoms with Crippen molar-refractivity contribution in [2.75, 3.05) is 12.5 Å². The highest BCUT2D eigenvalue weighted by molar-refractivity contribution is 8.12. The van der Waals surface area contributed by atoms with Gasteiger partial charge in [0.15, 0.2) is 11.5 Å². The van der Waals surface area contributed by atoms with Crippen molar-refractivity contribution < 1.29 is 15.0 Å². The maximum Gasteiger partial charge on any atom is 0.358 e. The number of phenolic OH excluding ortho intramolecular Hbond substituents is 2. The summed E-state index contributed by atoms with van der Waals surface area (Å²) in [6.45, 7) is 0. The summed E-state index contributed by atoms with van der Waals surface area (Å²) in [7, 11) is 0. The van der Waals surface area contributed by atoms with Gasteiger partial charge in [0.1, 0.15) is 0 Å². The van der Waals surface area contributed by atoms with E-state index in [2.05, 4.69) is 10.5 Å². The lowest BCUT2D eigenvalue weighted by Gasteiger charge is -2.13. The van der Waals surface area contributed by atoms with E-state index >= 15 is 0 Å². The lowest BCUT2D eigenvalue weighted by molar-refractivity contribution is 0.239. The fraction of sp³-hybridized carbons (Fsp3) is 0.200. The first-order valence-electron chi connectivity index (χ1n) is 4.82. The zero-order valence-corrected chi connectivity index (χ0v) is 11.5. The van der Waals surface area contributed by atoms with Gasteiger partial charge in [-0.3, -0.25) is 0 Å². The number of para-hydroxylation sites is 1. The minimum absolute atomic E-state index is 0.236. The van der Waals surface area contributed by atoms with Gasteiger partial charge in [-0.05, 0) is 36.0 Å². The van der Waals surface area contributed by atoms with Crippen molar-refractivity contribution in [2.24, 2.45) is 5.10 Å². The Bertz CT molecular complexity index is 450. The first-order chi connectivity index (χ1) is 8.60. The number of hydrazone groups is 1. The maximum atomic E-state index is 11.5. The molecule has 0 unspecified atom stereocenters. The van der Waals surface area contributed by atoms with E-state index in [1.807, 2.05) is 0 Å². The van der Waals surface area contributed by atoms with E-state index < -0.39 is 0 Å². The maximum absolute atomic E-state index is 11.5. The molecule has 0 heterocycles. The standard InChI is InChI=1S/C10H13N3O3S2/c1-17-13(18-2)10(16)12-11-6-7-4-3-5-8(14)9(7)15/h3-6,14-15H,1-2H3,(H,12,16)/b11-6+. The molecule has 0 radical (unpaired) electrons. The lowest BCUT2D eigenvalue weighted by atomic mass is 10.2. The number of aromatic hydroxyl groups is 2. The average Bonchev–Trinajstić information content (AvgIpc) is 2.36. The Balaban J connectivity index is 2.65. The Hall–Kier alpha value is -1.54. The van der Waals surface area contributed by atoms with E-state index in [0.717, 1.165) is 0 Å². The van der Waals surface area contributed by atoms with Crippen LogP contribution in [0.2, 0.25) is 0 Å². The van der Waals surface area contributed by atoms with E-state index in [-0.39, 0.29) is 17.5 Å². The molecule has 0 fully saturated rings. The molecule has 3 N–H and O–H groups in total. The molecule has 0 aromatic heterocycles. The summed E-state index contributed by atoms with van der Waals surface area (Å²) in [4.78, 5) is 11.5. The fourth-order valence-corrected chi connectivity index (χ4v) is 2.10. The number of carbonyl (C=O) groups excluding carboxylic acids is 1. The van der Waals surface area contributed by atoms with Crippen LogP contribution in [0, 0.1) is 0 Å². The predicted molar refractivity (Wildman–Crippen MR) is 74.8 cm³/mol. The normalized spacial score (nSPS) is 10.6. The van der Waals surface area contributed by atoms with Crippen LogP contribution in [0.1, 0.15) is 5.56 Å². The van der Waals surface area contributed by atoms with Crippen LogP contribution in [-0.4, -0.2) is 38.7 Å². The third kappa shape index (κ3) is 3.74. The number of hydrogen-bond donors (Lipinski definition) is 3. The van der Waals surface area contributed by atoms with Crippen molar-refractivity contribution in [3.8, 4) is 11.5 Å². The van der Waals surface area contributed by atoms with Crippen LogP contribution in [-0.2, 0) is 0 Å². The van der Waals surface area contributed by atoms with Gasteiger partial charge in [0.25, 0.3) is 0 Å². The summed E-state index contributed by atoms with van der Waals surface area (Å²) in [5.41, 5.74) is 2.62. The van der Waals surface area contributed by atoms with Crippen LogP contribution in [0.25, 0.3) is 0 Å². The van der Waals surface area contributed by atoms with E-state index in [1.54, 1.807) is 24.6 Å². The number of urea groups is 1. The third-order valence-corrected chi connectivity index (χ3v) is 3.80. The van der Waals surface area contributed by atoms with Crippen LogP contribution >= 0.6 is 23.9 Å². The zero-order chi connectivity index (χ0) is 13.5. The number of hydrogen-bond acceptors (Lipinski definition) is 6. The van der Waals surface area contributed by atoms with Gasteiger partial charge in [-0.25, -0.2) is 13.9 Å². The van der Waals surface area contributed by atoms with Crippen LogP contribution in [0.5, 0.6) is 11.5 Å². The highest BCUT2D eigenvalue weighted by atomic mass is 32.2. The topological polar surface area (TPSA) is 85.2 Å². The molecule has 0 aliphatic heterocycles. The van der Waals surface area contributed by atoms with Crippen LogP contribution < -0.4 is 5.43 Å². The van der Waals surface area contributed by atoms with Gasteiger partial charge in [-0.1, -0.05) is 6.07 Å². The Morgan fingerprint density at radius 1 is 1.39 bits per heavy atom. The lowest BCUT2D eigenvalue weighted by Crippen LogP contribution is -2.27. The number of phenols is 2. The summed E-state index contributed by atoms with van der Waals surface area (Å²) in [5.74, 6) is -0.512. The predicted octanol–water partition coefficient (Wildman–Crippen LogP) is 2.00. The molecule has 0 spiro atoms. The molecule has 6 nitrogen and oxygen atoms in total. The number of carbonyl (C=O) groups is 1. The summed E-state index contributed by atoms with van der Waals surface area (Å²) in [6, 6.07) is 4.10. The molecule has 0 aliphatic carbocycles.